The molecule has 0 aliphatic carbocycles. The van der Waals surface area contributed by atoms with Crippen LogP contribution in [0.15, 0.2) is 84.2 Å². The summed E-state index contributed by atoms with van der Waals surface area (Å²) >= 11 is 0. The second kappa shape index (κ2) is 7.80. The van der Waals surface area contributed by atoms with Crippen molar-refractivity contribution < 1.29 is 9.72 Å². The highest BCUT2D eigenvalue weighted by molar-refractivity contribution is 6.13. The molecule has 0 unspecified atom stereocenters. The minimum Gasteiger partial charge on any atom is -0.267 e. The molecule has 0 fully saturated rings. The van der Waals surface area contributed by atoms with Crippen molar-refractivity contribution >= 4 is 17.3 Å². The number of non-ortho nitro benzene ring substituents is 1. The van der Waals surface area contributed by atoms with E-state index in [1.54, 1.807) is 24.3 Å². The number of hydrazone groups is 1. The van der Waals surface area contributed by atoms with Gasteiger partial charge in [-0.05, 0) is 24.3 Å². The first-order chi connectivity index (χ1) is 12.6. The molecule has 0 aliphatic heterocycles. The van der Waals surface area contributed by atoms with Gasteiger partial charge in [-0.25, -0.2) is 5.43 Å². The molecule has 2 aromatic carbocycles. The van der Waals surface area contributed by atoms with Gasteiger partial charge in [-0.1, -0.05) is 30.3 Å². The monoisotopic (exact) mass is 346 g/mol. The molecular formula is C19H14N4O3. The molecule has 3 aromatic rings. The molecule has 0 atom stereocenters. The fourth-order valence-corrected chi connectivity index (χ4v) is 2.31. The third-order valence-electron chi connectivity index (χ3n) is 3.61. The van der Waals surface area contributed by atoms with Crippen molar-refractivity contribution in [1.82, 2.24) is 10.4 Å². The normalized spacial score (nSPS) is 11.0. The van der Waals surface area contributed by atoms with Crippen LogP contribution in [0.4, 0.5) is 5.69 Å². The minimum absolute atomic E-state index is 0.0121. The fraction of sp³-hybridized carbons (Fsp3) is 0. The number of rotatable bonds is 5. The Bertz CT molecular complexity index is 940. The van der Waals surface area contributed by atoms with Crippen LogP contribution in [-0.4, -0.2) is 21.5 Å². The highest BCUT2D eigenvalue weighted by Crippen LogP contribution is 2.16. The maximum Gasteiger partial charge on any atom is 0.271 e. The number of nitrogens with zero attached hydrogens (tertiary/aromatic N) is 3. The summed E-state index contributed by atoms with van der Waals surface area (Å²) in [5.74, 6) is -0.372. The first kappa shape index (κ1) is 17.0. The Morgan fingerprint density at radius 1 is 0.885 bits per heavy atom. The summed E-state index contributed by atoms with van der Waals surface area (Å²) in [7, 11) is 0. The Labute approximate surface area is 149 Å². The van der Waals surface area contributed by atoms with Crippen LogP contribution >= 0.6 is 0 Å². The number of carbonyl (C=O) groups excluding carboxylic acids is 1. The highest BCUT2D eigenvalue weighted by Gasteiger charge is 2.11. The molecule has 7 heteroatoms. The Morgan fingerprint density at radius 3 is 2.12 bits per heavy atom. The van der Waals surface area contributed by atoms with Gasteiger partial charge >= 0.3 is 0 Å². The predicted molar refractivity (Wildman–Crippen MR) is 96.9 cm³/mol. The van der Waals surface area contributed by atoms with Gasteiger partial charge in [0.1, 0.15) is 0 Å². The highest BCUT2D eigenvalue weighted by atomic mass is 16.6. The Hall–Kier alpha value is -3.87. The summed E-state index contributed by atoms with van der Waals surface area (Å²) in [6.07, 6.45) is 3.04. The first-order valence-electron chi connectivity index (χ1n) is 7.73. The van der Waals surface area contributed by atoms with Crippen LogP contribution in [0.5, 0.6) is 0 Å². The third-order valence-corrected chi connectivity index (χ3v) is 3.61. The van der Waals surface area contributed by atoms with Gasteiger partial charge in [-0.2, -0.15) is 5.10 Å². The molecule has 7 nitrogen and oxygen atoms in total. The molecule has 0 aliphatic rings. The molecular weight excluding hydrogens is 332 g/mol. The van der Waals surface area contributed by atoms with Gasteiger partial charge in [0.05, 0.1) is 10.6 Å². The summed E-state index contributed by atoms with van der Waals surface area (Å²) in [4.78, 5) is 26.5. The lowest BCUT2D eigenvalue weighted by molar-refractivity contribution is -0.384. The summed E-state index contributed by atoms with van der Waals surface area (Å²) in [6.45, 7) is 0. The van der Waals surface area contributed by atoms with E-state index < -0.39 is 4.92 Å². The van der Waals surface area contributed by atoms with Crippen LogP contribution in [0.2, 0.25) is 0 Å². The molecule has 0 bridgehead atoms. The molecule has 1 heterocycles. The average Bonchev–Trinajstić information content (AvgIpc) is 2.70. The molecule has 1 amide bonds. The molecule has 1 aromatic heterocycles. The van der Waals surface area contributed by atoms with Crippen LogP contribution in [0.25, 0.3) is 0 Å². The van der Waals surface area contributed by atoms with E-state index >= 15 is 0 Å². The Balaban J connectivity index is 1.93. The lowest BCUT2D eigenvalue weighted by Crippen LogP contribution is -2.20. The van der Waals surface area contributed by atoms with Crippen LogP contribution < -0.4 is 5.43 Å². The zero-order valence-electron chi connectivity index (χ0n) is 13.6. The van der Waals surface area contributed by atoms with E-state index in [1.165, 1.54) is 24.5 Å². The molecule has 0 spiro atoms. The minimum atomic E-state index is -0.464. The number of nitro groups is 1. The van der Waals surface area contributed by atoms with Crippen molar-refractivity contribution in [2.75, 3.05) is 0 Å². The van der Waals surface area contributed by atoms with E-state index in [1.807, 2.05) is 30.3 Å². The van der Waals surface area contributed by atoms with E-state index in [9.17, 15) is 14.9 Å². The topological polar surface area (TPSA) is 97.5 Å². The molecule has 128 valence electrons. The summed E-state index contributed by atoms with van der Waals surface area (Å²) < 4.78 is 0. The largest absolute Gasteiger partial charge is 0.271 e. The summed E-state index contributed by atoms with van der Waals surface area (Å²) in [5.41, 5.74) is 4.87. The number of nitro benzene ring substituents is 1. The Morgan fingerprint density at radius 2 is 1.50 bits per heavy atom. The van der Waals surface area contributed by atoms with Crippen molar-refractivity contribution in [3.8, 4) is 0 Å². The van der Waals surface area contributed by atoms with Crippen molar-refractivity contribution in [3.63, 3.8) is 0 Å². The van der Waals surface area contributed by atoms with Gasteiger partial charge in [0.15, 0.2) is 0 Å². The number of pyridine rings is 1. The lowest BCUT2D eigenvalue weighted by Gasteiger charge is -2.08. The van der Waals surface area contributed by atoms with Gasteiger partial charge in [0.25, 0.3) is 11.6 Å². The van der Waals surface area contributed by atoms with E-state index in [2.05, 4.69) is 15.5 Å². The van der Waals surface area contributed by atoms with Gasteiger partial charge in [-0.3, -0.25) is 19.9 Å². The molecule has 0 radical (unpaired) electrons. The van der Waals surface area contributed by atoms with Crippen LogP contribution in [0, 0.1) is 10.1 Å². The average molecular weight is 346 g/mol. The fourth-order valence-electron chi connectivity index (χ4n) is 2.31. The zero-order valence-corrected chi connectivity index (χ0v) is 13.6. The molecule has 3 rings (SSSR count). The van der Waals surface area contributed by atoms with Gasteiger partial charge < -0.3 is 0 Å². The number of carbonyl (C=O) groups is 1. The van der Waals surface area contributed by atoms with Gasteiger partial charge in [0, 0.05) is 41.2 Å². The van der Waals surface area contributed by atoms with Gasteiger partial charge in [-0.15, -0.1) is 0 Å². The molecule has 26 heavy (non-hydrogen) atoms. The SMILES string of the molecule is O=C(NN=C(c1ccccc1)c1ccc([N+](=O)[O-])cc1)c1ccncc1. The van der Waals surface area contributed by atoms with Crippen LogP contribution in [0.1, 0.15) is 21.5 Å². The lowest BCUT2D eigenvalue weighted by atomic mass is 10.0. The maximum atomic E-state index is 12.2. The summed E-state index contributed by atoms with van der Waals surface area (Å²) in [5, 5.41) is 15.1. The first-order valence-corrected chi connectivity index (χ1v) is 7.73. The number of hydrogen-bond donors (Lipinski definition) is 1. The molecule has 0 saturated heterocycles. The van der Waals surface area contributed by atoms with E-state index in [0.717, 1.165) is 5.56 Å². The van der Waals surface area contributed by atoms with Crippen molar-refractivity contribution in [2.24, 2.45) is 5.10 Å². The molecule has 1 N–H and O–H groups in total. The molecule has 0 saturated carbocycles. The van der Waals surface area contributed by atoms with Crippen molar-refractivity contribution in [2.45, 2.75) is 0 Å². The Kier molecular flexibility index (Phi) is 5.09. The van der Waals surface area contributed by atoms with E-state index in [4.69, 9.17) is 0 Å². The predicted octanol–water partition coefficient (Wildman–Crippen LogP) is 3.17. The number of hydrogen-bond acceptors (Lipinski definition) is 5. The van der Waals surface area contributed by atoms with Crippen molar-refractivity contribution in [3.05, 3.63) is 106 Å². The smallest absolute Gasteiger partial charge is 0.267 e. The summed E-state index contributed by atoms with van der Waals surface area (Å²) in [6, 6.07) is 18.4. The van der Waals surface area contributed by atoms with E-state index in [0.29, 0.717) is 16.8 Å². The zero-order chi connectivity index (χ0) is 18.4. The van der Waals surface area contributed by atoms with Crippen LogP contribution in [0.3, 0.4) is 0 Å². The van der Waals surface area contributed by atoms with Gasteiger partial charge in [0.2, 0.25) is 0 Å². The number of aromatic nitrogens is 1. The van der Waals surface area contributed by atoms with E-state index in [-0.39, 0.29) is 11.6 Å². The van der Waals surface area contributed by atoms with Crippen LogP contribution in [-0.2, 0) is 0 Å². The third kappa shape index (κ3) is 3.96. The quantitative estimate of drug-likeness (QED) is 0.436. The standard InChI is InChI=1S/C19H14N4O3/c24-19(16-10-12-20-13-11-16)22-21-18(14-4-2-1-3-5-14)15-6-8-17(9-7-15)23(25)26/h1-13H,(H,22,24). The number of nitrogens with one attached hydrogen (secondary N) is 1. The number of benzene rings is 2. The second-order valence-electron chi connectivity index (χ2n) is 5.31. The second-order valence-corrected chi connectivity index (χ2v) is 5.31. The van der Waals surface area contributed by atoms with Crippen molar-refractivity contribution in [1.29, 1.82) is 0 Å². The maximum absolute atomic E-state index is 12.2. The number of amides is 1.